The number of likely N-dealkylation sites (tertiary alicyclic amines) is 1. The van der Waals surface area contributed by atoms with E-state index >= 15 is 0 Å². The van der Waals surface area contributed by atoms with Crippen molar-refractivity contribution in [3.63, 3.8) is 0 Å². The fourth-order valence-electron chi connectivity index (χ4n) is 3.03. The number of hydrogen-bond donors (Lipinski definition) is 2. The van der Waals surface area contributed by atoms with Gasteiger partial charge in [0.15, 0.2) is 0 Å². The Labute approximate surface area is 137 Å². The van der Waals surface area contributed by atoms with E-state index in [4.69, 9.17) is 5.73 Å². The van der Waals surface area contributed by atoms with E-state index in [0.29, 0.717) is 0 Å². The van der Waals surface area contributed by atoms with E-state index in [-0.39, 0.29) is 42.5 Å². The summed E-state index contributed by atoms with van der Waals surface area (Å²) in [5.74, 6) is -2.17. The molecule has 2 unspecified atom stereocenters. The Hall–Kier alpha value is -1.92. The van der Waals surface area contributed by atoms with Crippen molar-refractivity contribution < 1.29 is 19.2 Å². The van der Waals surface area contributed by atoms with Crippen molar-refractivity contribution in [2.75, 3.05) is 6.54 Å². The van der Waals surface area contributed by atoms with Crippen molar-refractivity contribution in [3.8, 4) is 0 Å². The fraction of sp³-hybridized carbons (Fsp3) is 0.750. The van der Waals surface area contributed by atoms with Crippen LogP contribution in [0.3, 0.4) is 0 Å². The van der Waals surface area contributed by atoms with Gasteiger partial charge in [-0.2, -0.15) is 0 Å². The summed E-state index contributed by atoms with van der Waals surface area (Å²) in [4.78, 5) is 48.8. The van der Waals surface area contributed by atoms with Crippen LogP contribution in [0.25, 0.3) is 0 Å². The number of hydrogen-bond acceptors (Lipinski definition) is 4. The molecule has 2 atom stereocenters. The predicted molar refractivity (Wildman–Crippen MR) is 84.9 cm³/mol. The Kier molecular flexibility index (Phi) is 6.72. The van der Waals surface area contributed by atoms with Crippen LogP contribution < -0.4 is 11.1 Å². The first-order valence-corrected chi connectivity index (χ1v) is 8.15. The van der Waals surface area contributed by atoms with E-state index in [9.17, 15) is 19.2 Å². The number of carbonyl (C=O) groups excluding carboxylic acids is 4. The van der Waals surface area contributed by atoms with Crippen LogP contribution in [-0.2, 0) is 19.2 Å². The van der Waals surface area contributed by atoms with Crippen LogP contribution in [0.1, 0.15) is 47.0 Å². The number of imide groups is 1. The van der Waals surface area contributed by atoms with Gasteiger partial charge in [0.1, 0.15) is 12.6 Å². The van der Waals surface area contributed by atoms with E-state index < -0.39 is 17.9 Å². The number of carbonyl (C=O) groups is 4. The molecule has 3 N–H and O–H groups in total. The van der Waals surface area contributed by atoms with E-state index in [1.165, 1.54) is 0 Å². The Balaban J connectivity index is 2.73. The van der Waals surface area contributed by atoms with Gasteiger partial charge in [0.2, 0.25) is 23.6 Å². The topological polar surface area (TPSA) is 110 Å². The summed E-state index contributed by atoms with van der Waals surface area (Å²) in [5.41, 5.74) is 5.25. The maximum Gasteiger partial charge on any atom is 0.240 e. The van der Waals surface area contributed by atoms with Crippen molar-refractivity contribution in [3.05, 3.63) is 0 Å². The zero-order valence-corrected chi connectivity index (χ0v) is 14.3. The average Bonchev–Trinajstić information content (AvgIpc) is 2.74. The normalized spacial score (nSPS) is 19.6. The maximum atomic E-state index is 12.4. The molecule has 0 aliphatic carbocycles. The molecular weight excluding hydrogens is 298 g/mol. The van der Waals surface area contributed by atoms with E-state index in [1.54, 1.807) is 13.8 Å². The van der Waals surface area contributed by atoms with Crippen LogP contribution in [0.4, 0.5) is 0 Å². The summed E-state index contributed by atoms with van der Waals surface area (Å²) in [6, 6.07) is -0.815. The van der Waals surface area contributed by atoms with Gasteiger partial charge in [0.25, 0.3) is 0 Å². The molecule has 1 rings (SSSR count). The van der Waals surface area contributed by atoms with Crippen molar-refractivity contribution >= 4 is 23.6 Å². The molecule has 7 nitrogen and oxygen atoms in total. The van der Waals surface area contributed by atoms with Crippen LogP contribution in [0.2, 0.25) is 0 Å². The van der Waals surface area contributed by atoms with Crippen molar-refractivity contribution in [1.82, 2.24) is 10.2 Å². The molecule has 0 saturated carbocycles. The molecular formula is C16H27N3O4. The summed E-state index contributed by atoms with van der Waals surface area (Å²) >= 11 is 0. The lowest BCUT2D eigenvalue weighted by Crippen LogP contribution is -2.51. The van der Waals surface area contributed by atoms with Gasteiger partial charge in [-0.15, -0.1) is 0 Å². The summed E-state index contributed by atoms with van der Waals surface area (Å²) < 4.78 is 0. The number of amides is 4. The number of nitrogens with two attached hydrogens (primary N) is 1. The monoisotopic (exact) mass is 325 g/mol. The van der Waals surface area contributed by atoms with Gasteiger partial charge >= 0.3 is 0 Å². The zero-order valence-electron chi connectivity index (χ0n) is 14.3. The third-order valence-electron chi connectivity index (χ3n) is 4.49. The molecule has 1 saturated heterocycles. The highest BCUT2D eigenvalue weighted by Crippen LogP contribution is 2.30. The minimum atomic E-state index is -0.815. The number of rotatable bonds is 8. The number of primary amides is 1. The lowest BCUT2D eigenvalue weighted by atomic mass is 9.87. The lowest BCUT2D eigenvalue weighted by Gasteiger charge is -2.22. The summed E-state index contributed by atoms with van der Waals surface area (Å²) in [6.07, 6.45) is 1.79. The van der Waals surface area contributed by atoms with Gasteiger partial charge in [0, 0.05) is 6.42 Å². The third kappa shape index (κ3) is 4.53. The summed E-state index contributed by atoms with van der Waals surface area (Å²) in [7, 11) is 0. The van der Waals surface area contributed by atoms with Crippen LogP contribution in [-0.4, -0.2) is 41.1 Å². The van der Waals surface area contributed by atoms with Gasteiger partial charge < -0.3 is 11.1 Å². The highest BCUT2D eigenvalue weighted by molar-refractivity contribution is 6.06. The first-order valence-electron chi connectivity index (χ1n) is 8.15. The molecule has 7 heteroatoms. The average molecular weight is 325 g/mol. The molecule has 1 heterocycles. The van der Waals surface area contributed by atoms with Crippen LogP contribution in [0, 0.1) is 17.8 Å². The predicted octanol–water partition coefficient (Wildman–Crippen LogP) is 0.424. The SMILES string of the molecule is CCC(CC)C1CC(=O)N(CC(=O)NC(C(N)=O)C(C)C)C1=O. The highest BCUT2D eigenvalue weighted by Gasteiger charge is 2.42. The van der Waals surface area contributed by atoms with Crippen LogP contribution >= 0.6 is 0 Å². The quantitative estimate of drug-likeness (QED) is 0.630. The second-order valence-corrected chi connectivity index (χ2v) is 6.40. The molecule has 1 aliphatic rings. The number of nitrogens with one attached hydrogen (secondary N) is 1. The van der Waals surface area contributed by atoms with Crippen LogP contribution in [0.15, 0.2) is 0 Å². The van der Waals surface area contributed by atoms with E-state index in [1.807, 2.05) is 13.8 Å². The van der Waals surface area contributed by atoms with Crippen LogP contribution in [0.5, 0.6) is 0 Å². The fourth-order valence-corrected chi connectivity index (χ4v) is 3.03. The minimum absolute atomic E-state index is 0.147. The Morgan fingerprint density at radius 3 is 2.26 bits per heavy atom. The van der Waals surface area contributed by atoms with Gasteiger partial charge in [-0.25, -0.2) is 0 Å². The largest absolute Gasteiger partial charge is 0.368 e. The first kappa shape index (κ1) is 19.1. The minimum Gasteiger partial charge on any atom is -0.368 e. The lowest BCUT2D eigenvalue weighted by molar-refractivity contribution is -0.144. The Morgan fingerprint density at radius 2 is 1.83 bits per heavy atom. The molecule has 0 spiro atoms. The molecule has 0 bridgehead atoms. The van der Waals surface area contributed by atoms with Gasteiger partial charge in [0.05, 0.1) is 5.92 Å². The molecule has 0 aromatic rings. The second-order valence-electron chi connectivity index (χ2n) is 6.40. The molecule has 130 valence electrons. The molecule has 4 amide bonds. The molecule has 23 heavy (non-hydrogen) atoms. The molecule has 1 aliphatic heterocycles. The molecule has 0 radical (unpaired) electrons. The van der Waals surface area contributed by atoms with Crippen molar-refractivity contribution in [2.45, 2.75) is 53.0 Å². The van der Waals surface area contributed by atoms with Gasteiger partial charge in [-0.1, -0.05) is 40.5 Å². The molecule has 0 aromatic heterocycles. The summed E-state index contributed by atoms with van der Waals surface area (Å²) in [6.45, 7) is 7.13. The molecule has 1 fully saturated rings. The first-order chi connectivity index (χ1) is 10.7. The summed E-state index contributed by atoms with van der Waals surface area (Å²) in [5, 5.41) is 2.50. The zero-order chi connectivity index (χ0) is 17.7. The highest BCUT2D eigenvalue weighted by atomic mass is 16.2. The smallest absolute Gasteiger partial charge is 0.240 e. The third-order valence-corrected chi connectivity index (χ3v) is 4.49. The van der Waals surface area contributed by atoms with E-state index in [0.717, 1.165) is 17.7 Å². The standard InChI is InChI=1S/C16H27N3O4/c1-5-10(6-2)11-7-13(21)19(16(11)23)8-12(20)18-14(9(3)4)15(17)22/h9-11,14H,5-8H2,1-4H3,(H2,17,22)(H,18,20). The van der Waals surface area contributed by atoms with Crippen molar-refractivity contribution in [1.29, 1.82) is 0 Å². The van der Waals surface area contributed by atoms with Gasteiger partial charge in [-0.3, -0.25) is 24.1 Å². The second kappa shape index (κ2) is 8.08. The number of nitrogens with zero attached hydrogens (tertiary/aromatic N) is 1. The Morgan fingerprint density at radius 1 is 1.26 bits per heavy atom. The van der Waals surface area contributed by atoms with Crippen molar-refractivity contribution in [2.24, 2.45) is 23.5 Å². The maximum absolute atomic E-state index is 12.4. The Bertz CT molecular complexity index is 486. The van der Waals surface area contributed by atoms with Gasteiger partial charge in [-0.05, 0) is 11.8 Å². The molecule has 0 aromatic carbocycles. The van der Waals surface area contributed by atoms with E-state index in [2.05, 4.69) is 5.32 Å².